The summed E-state index contributed by atoms with van der Waals surface area (Å²) >= 11 is 0. The summed E-state index contributed by atoms with van der Waals surface area (Å²) in [5.74, 6) is 1.46. The molecule has 2 fully saturated rings. The standard InChI is InChI=1S/C16H27N3O2/c1-15(2)7-9-16(20-3,10-8-15)14-18-13(21-19-14)6-11-17-12-4-5-12/h12,17H,4-11H2,1-3H3. The van der Waals surface area contributed by atoms with E-state index in [1.54, 1.807) is 7.11 Å². The largest absolute Gasteiger partial charge is 0.370 e. The van der Waals surface area contributed by atoms with Gasteiger partial charge in [-0.3, -0.25) is 0 Å². The summed E-state index contributed by atoms with van der Waals surface area (Å²) in [5.41, 5.74) is 0.0456. The molecular weight excluding hydrogens is 266 g/mol. The highest BCUT2D eigenvalue weighted by Crippen LogP contribution is 2.46. The van der Waals surface area contributed by atoms with E-state index >= 15 is 0 Å². The minimum absolute atomic E-state index is 0.346. The van der Waals surface area contributed by atoms with Gasteiger partial charge in [-0.1, -0.05) is 19.0 Å². The van der Waals surface area contributed by atoms with Crippen molar-refractivity contribution in [2.75, 3.05) is 13.7 Å². The molecule has 5 nitrogen and oxygen atoms in total. The lowest BCUT2D eigenvalue weighted by Crippen LogP contribution is -2.37. The molecule has 0 spiro atoms. The van der Waals surface area contributed by atoms with Gasteiger partial charge in [-0.2, -0.15) is 4.98 Å². The van der Waals surface area contributed by atoms with Crippen LogP contribution < -0.4 is 5.32 Å². The molecule has 1 heterocycles. The van der Waals surface area contributed by atoms with Crippen LogP contribution in [-0.2, 0) is 16.8 Å². The Morgan fingerprint density at radius 2 is 1.95 bits per heavy atom. The first kappa shape index (κ1) is 15.0. The van der Waals surface area contributed by atoms with Gasteiger partial charge >= 0.3 is 0 Å². The van der Waals surface area contributed by atoms with Gasteiger partial charge in [0, 0.05) is 26.1 Å². The van der Waals surface area contributed by atoms with Gasteiger partial charge in [0.2, 0.25) is 11.7 Å². The molecule has 0 aliphatic heterocycles. The summed E-state index contributed by atoms with van der Waals surface area (Å²) in [6, 6.07) is 0.721. The summed E-state index contributed by atoms with van der Waals surface area (Å²) in [6.07, 6.45) is 7.61. The predicted molar refractivity (Wildman–Crippen MR) is 80.0 cm³/mol. The van der Waals surface area contributed by atoms with Crippen molar-refractivity contribution in [2.45, 2.75) is 70.4 Å². The van der Waals surface area contributed by atoms with Crippen molar-refractivity contribution in [1.29, 1.82) is 0 Å². The zero-order valence-corrected chi connectivity index (χ0v) is 13.4. The van der Waals surface area contributed by atoms with E-state index in [9.17, 15) is 0 Å². The van der Waals surface area contributed by atoms with Crippen LogP contribution in [0, 0.1) is 5.41 Å². The Morgan fingerprint density at radius 3 is 2.57 bits per heavy atom. The van der Waals surface area contributed by atoms with Gasteiger partial charge in [0.25, 0.3) is 0 Å². The molecule has 118 valence electrons. The lowest BCUT2D eigenvalue weighted by Gasteiger charge is -2.40. The summed E-state index contributed by atoms with van der Waals surface area (Å²) in [6.45, 7) is 5.55. The fourth-order valence-electron chi connectivity index (χ4n) is 3.06. The van der Waals surface area contributed by atoms with Gasteiger partial charge in [0.05, 0.1) is 0 Å². The Labute approximate surface area is 126 Å². The van der Waals surface area contributed by atoms with Crippen molar-refractivity contribution in [3.8, 4) is 0 Å². The van der Waals surface area contributed by atoms with Crippen LogP contribution in [0.5, 0.6) is 0 Å². The first-order valence-electron chi connectivity index (χ1n) is 8.15. The quantitative estimate of drug-likeness (QED) is 0.874. The predicted octanol–water partition coefficient (Wildman–Crippen LogP) is 2.81. The van der Waals surface area contributed by atoms with Crippen molar-refractivity contribution in [3.63, 3.8) is 0 Å². The molecule has 0 bridgehead atoms. The number of hydrogen-bond acceptors (Lipinski definition) is 5. The van der Waals surface area contributed by atoms with Crippen LogP contribution in [0.1, 0.15) is 64.1 Å². The van der Waals surface area contributed by atoms with E-state index in [1.807, 2.05) is 0 Å². The molecule has 0 atom stereocenters. The van der Waals surface area contributed by atoms with Crippen molar-refractivity contribution >= 4 is 0 Å². The van der Waals surface area contributed by atoms with E-state index in [2.05, 4.69) is 29.3 Å². The lowest BCUT2D eigenvalue weighted by molar-refractivity contribution is -0.0740. The molecule has 0 radical (unpaired) electrons. The Morgan fingerprint density at radius 1 is 1.24 bits per heavy atom. The Bertz CT molecular complexity index is 470. The fourth-order valence-corrected chi connectivity index (χ4v) is 3.06. The van der Waals surface area contributed by atoms with E-state index in [-0.39, 0.29) is 5.60 Å². The number of ether oxygens (including phenoxy) is 1. The van der Waals surface area contributed by atoms with Gasteiger partial charge < -0.3 is 14.6 Å². The molecule has 5 heteroatoms. The van der Waals surface area contributed by atoms with E-state index in [0.717, 1.165) is 56.4 Å². The molecule has 0 aromatic carbocycles. The highest BCUT2D eigenvalue weighted by molar-refractivity contribution is 5.05. The molecule has 1 N–H and O–H groups in total. The number of hydrogen-bond donors (Lipinski definition) is 1. The Kier molecular flexibility index (Phi) is 4.06. The summed E-state index contributed by atoms with van der Waals surface area (Å²) in [5, 5.41) is 7.67. The number of methoxy groups -OCH3 is 1. The lowest BCUT2D eigenvalue weighted by atomic mass is 9.70. The molecule has 0 saturated heterocycles. The fraction of sp³-hybridized carbons (Fsp3) is 0.875. The average Bonchev–Trinajstić information content (AvgIpc) is 3.16. The second-order valence-corrected chi connectivity index (χ2v) is 7.35. The zero-order chi connectivity index (χ0) is 14.9. The van der Waals surface area contributed by atoms with Crippen LogP contribution in [0.4, 0.5) is 0 Å². The average molecular weight is 293 g/mol. The monoisotopic (exact) mass is 293 g/mol. The van der Waals surface area contributed by atoms with E-state index in [4.69, 9.17) is 9.26 Å². The molecule has 0 amide bonds. The smallest absolute Gasteiger partial charge is 0.228 e. The molecule has 0 unspecified atom stereocenters. The molecule has 1 aromatic rings. The summed E-state index contributed by atoms with van der Waals surface area (Å²) in [7, 11) is 1.77. The van der Waals surface area contributed by atoms with Crippen molar-refractivity contribution < 1.29 is 9.26 Å². The molecule has 2 aliphatic rings. The van der Waals surface area contributed by atoms with Crippen molar-refractivity contribution in [3.05, 3.63) is 11.7 Å². The molecule has 21 heavy (non-hydrogen) atoms. The van der Waals surface area contributed by atoms with E-state index in [0.29, 0.717) is 5.41 Å². The van der Waals surface area contributed by atoms with Gasteiger partial charge in [-0.15, -0.1) is 0 Å². The first-order chi connectivity index (χ1) is 10.0. The third-order valence-corrected chi connectivity index (χ3v) is 5.03. The normalized spacial score (nSPS) is 24.1. The van der Waals surface area contributed by atoms with Crippen molar-refractivity contribution in [2.24, 2.45) is 5.41 Å². The third-order valence-electron chi connectivity index (χ3n) is 5.03. The minimum Gasteiger partial charge on any atom is -0.370 e. The van der Waals surface area contributed by atoms with Crippen LogP contribution in [0.25, 0.3) is 0 Å². The van der Waals surface area contributed by atoms with Gasteiger partial charge in [-0.05, 0) is 43.9 Å². The number of rotatable bonds is 6. The van der Waals surface area contributed by atoms with Crippen molar-refractivity contribution in [1.82, 2.24) is 15.5 Å². The maximum atomic E-state index is 5.82. The number of nitrogens with one attached hydrogen (secondary N) is 1. The maximum Gasteiger partial charge on any atom is 0.228 e. The summed E-state index contributed by atoms with van der Waals surface area (Å²) in [4.78, 5) is 4.60. The topological polar surface area (TPSA) is 60.2 Å². The second-order valence-electron chi connectivity index (χ2n) is 7.35. The van der Waals surface area contributed by atoms with Gasteiger partial charge in [0.1, 0.15) is 5.60 Å². The molecular formula is C16H27N3O2. The zero-order valence-electron chi connectivity index (χ0n) is 13.4. The van der Waals surface area contributed by atoms with Crippen LogP contribution in [0.2, 0.25) is 0 Å². The van der Waals surface area contributed by atoms with Crippen LogP contribution in [0.15, 0.2) is 4.52 Å². The molecule has 2 saturated carbocycles. The molecule has 1 aromatic heterocycles. The number of nitrogens with zero attached hydrogens (tertiary/aromatic N) is 2. The SMILES string of the molecule is COC1(c2noc(CCNC3CC3)n2)CCC(C)(C)CC1. The third kappa shape index (κ3) is 3.46. The Hall–Kier alpha value is -0.940. The van der Waals surface area contributed by atoms with E-state index in [1.165, 1.54) is 12.8 Å². The second kappa shape index (κ2) is 5.69. The van der Waals surface area contributed by atoms with E-state index < -0.39 is 0 Å². The summed E-state index contributed by atoms with van der Waals surface area (Å²) < 4.78 is 11.2. The Balaban J connectivity index is 1.62. The maximum absolute atomic E-state index is 5.82. The van der Waals surface area contributed by atoms with Crippen LogP contribution in [-0.4, -0.2) is 29.8 Å². The first-order valence-corrected chi connectivity index (χ1v) is 8.15. The minimum atomic E-state index is -0.346. The van der Waals surface area contributed by atoms with Crippen LogP contribution in [0.3, 0.4) is 0 Å². The van der Waals surface area contributed by atoms with Crippen LogP contribution >= 0.6 is 0 Å². The molecule has 2 aliphatic carbocycles. The van der Waals surface area contributed by atoms with Gasteiger partial charge in [-0.25, -0.2) is 0 Å². The van der Waals surface area contributed by atoms with Gasteiger partial charge in [0.15, 0.2) is 0 Å². The number of aromatic nitrogens is 2. The molecule has 3 rings (SSSR count). The highest BCUT2D eigenvalue weighted by atomic mass is 16.5. The highest BCUT2D eigenvalue weighted by Gasteiger charge is 2.43.